The third kappa shape index (κ3) is 5.46. The second kappa shape index (κ2) is 8.63. The summed E-state index contributed by atoms with van der Waals surface area (Å²) in [5.74, 6) is -0.822. The molecule has 2 rings (SSSR count). The molecule has 6 heteroatoms. The molecule has 25 heavy (non-hydrogen) atoms. The van der Waals surface area contributed by atoms with E-state index in [4.69, 9.17) is 4.74 Å². The fourth-order valence-corrected chi connectivity index (χ4v) is 2.07. The van der Waals surface area contributed by atoms with Crippen LogP contribution in [-0.4, -0.2) is 18.9 Å². The van der Waals surface area contributed by atoms with Crippen molar-refractivity contribution in [2.45, 2.75) is 13.3 Å². The van der Waals surface area contributed by atoms with Crippen LogP contribution < -0.4 is 15.4 Å². The van der Waals surface area contributed by atoms with Crippen LogP contribution in [0.15, 0.2) is 48.5 Å². The Bertz CT molecular complexity index is 803. The topological polar surface area (TPSA) is 67.4 Å². The molecule has 2 N–H and O–H groups in total. The van der Waals surface area contributed by atoms with Crippen molar-refractivity contribution in [3.8, 4) is 5.75 Å². The van der Waals surface area contributed by atoms with Gasteiger partial charge >= 0.3 is 0 Å². The lowest BCUT2D eigenvalue weighted by Crippen LogP contribution is -2.11. The number of ether oxygens (including phenoxy) is 1. The Hall–Kier alpha value is -3.15. The molecular formula is C19H19FN2O3. The van der Waals surface area contributed by atoms with Crippen LogP contribution in [0.3, 0.4) is 0 Å². The third-order valence-corrected chi connectivity index (χ3v) is 3.34. The summed E-state index contributed by atoms with van der Waals surface area (Å²) in [7, 11) is 1.39. The van der Waals surface area contributed by atoms with Gasteiger partial charge < -0.3 is 15.4 Å². The van der Waals surface area contributed by atoms with Crippen molar-refractivity contribution in [2.75, 3.05) is 17.7 Å². The lowest BCUT2D eigenvalue weighted by atomic mass is 10.2. The molecule has 0 aromatic heterocycles. The molecule has 2 aromatic carbocycles. The molecule has 2 aromatic rings. The number of carbonyl (C=O) groups is 2. The number of nitrogens with one attached hydrogen (secondary N) is 2. The van der Waals surface area contributed by atoms with Gasteiger partial charge in [0, 0.05) is 23.9 Å². The maximum Gasteiger partial charge on any atom is 0.248 e. The Morgan fingerprint density at radius 3 is 2.48 bits per heavy atom. The van der Waals surface area contributed by atoms with Gasteiger partial charge in [-0.05, 0) is 42.0 Å². The largest absolute Gasteiger partial charge is 0.494 e. The maximum absolute atomic E-state index is 13.6. The molecule has 0 aliphatic heterocycles. The number of halogens is 1. The number of anilines is 2. The molecule has 0 saturated heterocycles. The average Bonchev–Trinajstić information content (AvgIpc) is 2.60. The number of benzene rings is 2. The third-order valence-electron chi connectivity index (χ3n) is 3.34. The number of rotatable bonds is 6. The van der Waals surface area contributed by atoms with Gasteiger partial charge in [-0.2, -0.15) is 0 Å². The summed E-state index contributed by atoms with van der Waals surface area (Å²) in [5, 5.41) is 5.40. The molecule has 0 aliphatic carbocycles. The SMILES string of the molecule is CCC(=O)Nc1cccc(NC(=O)/C=C/c2ccc(OC)c(F)c2)c1. The lowest BCUT2D eigenvalue weighted by Gasteiger charge is -2.07. The number of carbonyl (C=O) groups excluding carboxylic acids is 2. The maximum atomic E-state index is 13.6. The van der Waals surface area contributed by atoms with Gasteiger partial charge in [-0.1, -0.05) is 19.1 Å². The van der Waals surface area contributed by atoms with Gasteiger partial charge in [0.2, 0.25) is 11.8 Å². The summed E-state index contributed by atoms with van der Waals surface area (Å²) in [6, 6.07) is 11.2. The van der Waals surface area contributed by atoms with Gasteiger partial charge in [0.15, 0.2) is 11.6 Å². The normalized spacial score (nSPS) is 10.5. The first-order valence-corrected chi connectivity index (χ1v) is 7.74. The summed E-state index contributed by atoms with van der Waals surface area (Å²) in [6.07, 6.45) is 3.18. The minimum Gasteiger partial charge on any atom is -0.494 e. The van der Waals surface area contributed by atoms with Gasteiger partial charge in [0.1, 0.15) is 0 Å². The Balaban J connectivity index is 2.01. The van der Waals surface area contributed by atoms with Crippen LogP contribution in [0.5, 0.6) is 5.75 Å². The summed E-state index contributed by atoms with van der Waals surface area (Å²) >= 11 is 0. The summed E-state index contributed by atoms with van der Waals surface area (Å²) in [6.45, 7) is 1.76. The van der Waals surface area contributed by atoms with Crippen molar-refractivity contribution in [3.05, 3.63) is 59.9 Å². The van der Waals surface area contributed by atoms with E-state index in [1.807, 2.05) is 0 Å². The fourth-order valence-electron chi connectivity index (χ4n) is 2.07. The Morgan fingerprint density at radius 2 is 1.84 bits per heavy atom. The van der Waals surface area contributed by atoms with Crippen molar-refractivity contribution in [1.29, 1.82) is 0 Å². The van der Waals surface area contributed by atoms with E-state index in [9.17, 15) is 14.0 Å². The highest BCUT2D eigenvalue weighted by Crippen LogP contribution is 2.19. The zero-order valence-corrected chi connectivity index (χ0v) is 14.0. The van der Waals surface area contributed by atoms with Crippen LogP contribution in [0, 0.1) is 5.82 Å². The van der Waals surface area contributed by atoms with Crippen LogP contribution in [0.1, 0.15) is 18.9 Å². The van der Waals surface area contributed by atoms with Gasteiger partial charge in [0.05, 0.1) is 7.11 Å². The molecule has 0 radical (unpaired) electrons. The van der Waals surface area contributed by atoms with E-state index >= 15 is 0 Å². The number of hydrogen-bond donors (Lipinski definition) is 2. The van der Waals surface area contributed by atoms with Crippen LogP contribution in [0.25, 0.3) is 6.08 Å². The van der Waals surface area contributed by atoms with Crippen LogP contribution in [0.4, 0.5) is 15.8 Å². The van der Waals surface area contributed by atoms with Crippen LogP contribution >= 0.6 is 0 Å². The molecule has 0 fully saturated rings. The molecule has 130 valence electrons. The first kappa shape index (κ1) is 18.2. The summed E-state index contributed by atoms with van der Waals surface area (Å²) in [5.41, 5.74) is 1.69. The Morgan fingerprint density at radius 1 is 1.12 bits per heavy atom. The minimum absolute atomic E-state index is 0.107. The van der Waals surface area contributed by atoms with Gasteiger partial charge in [0.25, 0.3) is 0 Å². The fraction of sp³-hybridized carbons (Fsp3) is 0.158. The second-order valence-corrected chi connectivity index (χ2v) is 5.20. The van der Waals surface area contributed by atoms with E-state index in [0.29, 0.717) is 23.4 Å². The quantitative estimate of drug-likeness (QED) is 0.784. The first-order valence-electron chi connectivity index (χ1n) is 7.74. The van der Waals surface area contributed by atoms with Crippen LogP contribution in [0.2, 0.25) is 0 Å². The predicted molar refractivity (Wildman–Crippen MR) is 96.0 cm³/mol. The minimum atomic E-state index is -0.496. The lowest BCUT2D eigenvalue weighted by molar-refractivity contribution is -0.116. The first-order chi connectivity index (χ1) is 12.0. The highest BCUT2D eigenvalue weighted by Gasteiger charge is 2.04. The van der Waals surface area contributed by atoms with Crippen LogP contribution in [-0.2, 0) is 9.59 Å². The molecular weight excluding hydrogens is 323 g/mol. The van der Waals surface area contributed by atoms with E-state index in [1.165, 1.54) is 31.4 Å². The number of hydrogen-bond acceptors (Lipinski definition) is 3. The van der Waals surface area contributed by atoms with E-state index in [2.05, 4.69) is 10.6 Å². The molecule has 2 amide bonds. The zero-order chi connectivity index (χ0) is 18.2. The monoisotopic (exact) mass is 342 g/mol. The molecule has 0 saturated carbocycles. The van der Waals surface area contributed by atoms with Crippen molar-refractivity contribution in [3.63, 3.8) is 0 Å². The van der Waals surface area contributed by atoms with Crippen molar-refractivity contribution in [1.82, 2.24) is 0 Å². The summed E-state index contributed by atoms with van der Waals surface area (Å²) < 4.78 is 18.4. The molecule has 0 spiro atoms. The molecule has 0 atom stereocenters. The molecule has 0 unspecified atom stereocenters. The highest BCUT2D eigenvalue weighted by molar-refractivity contribution is 6.02. The van der Waals surface area contributed by atoms with Gasteiger partial charge in [-0.3, -0.25) is 9.59 Å². The van der Waals surface area contributed by atoms with Gasteiger partial charge in [-0.25, -0.2) is 4.39 Å². The second-order valence-electron chi connectivity index (χ2n) is 5.20. The predicted octanol–water partition coefficient (Wildman–Crippen LogP) is 3.83. The Kier molecular flexibility index (Phi) is 6.28. The van der Waals surface area contributed by atoms with Crippen molar-refractivity contribution < 1.29 is 18.7 Å². The van der Waals surface area contributed by atoms with Crippen molar-refractivity contribution in [2.24, 2.45) is 0 Å². The Labute approximate surface area is 145 Å². The van der Waals surface area contributed by atoms with Crippen molar-refractivity contribution >= 4 is 29.3 Å². The van der Waals surface area contributed by atoms with E-state index in [1.54, 1.807) is 37.3 Å². The molecule has 0 aliphatic rings. The molecule has 5 nitrogen and oxygen atoms in total. The number of methoxy groups -OCH3 is 1. The zero-order valence-electron chi connectivity index (χ0n) is 14.0. The van der Waals surface area contributed by atoms with E-state index in [-0.39, 0.29) is 17.6 Å². The number of amides is 2. The smallest absolute Gasteiger partial charge is 0.248 e. The molecule has 0 heterocycles. The molecule has 0 bridgehead atoms. The van der Waals surface area contributed by atoms with Gasteiger partial charge in [-0.15, -0.1) is 0 Å². The highest BCUT2D eigenvalue weighted by atomic mass is 19.1. The standard InChI is InChI=1S/C19H19FN2O3/c1-3-18(23)21-14-5-4-6-15(12-14)22-19(24)10-8-13-7-9-17(25-2)16(20)11-13/h4-12H,3H2,1-2H3,(H,21,23)(H,22,24)/b10-8+. The van der Waals surface area contributed by atoms with E-state index < -0.39 is 5.82 Å². The summed E-state index contributed by atoms with van der Waals surface area (Å²) in [4.78, 5) is 23.4. The average molecular weight is 342 g/mol. The van der Waals surface area contributed by atoms with E-state index in [0.717, 1.165) is 0 Å².